The van der Waals surface area contributed by atoms with Crippen LogP contribution in [0.2, 0.25) is 0 Å². The van der Waals surface area contributed by atoms with Crippen LogP contribution >= 0.6 is 0 Å². The molecular formula is C27H24N2O5. The van der Waals surface area contributed by atoms with E-state index < -0.39 is 12.1 Å². The number of carboxylic acid groups (broad SMARTS) is 1. The summed E-state index contributed by atoms with van der Waals surface area (Å²) in [5.74, 6) is -1.28. The topological polar surface area (TPSA) is 95.9 Å². The minimum Gasteiger partial charge on any atom is -0.478 e. The van der Waals surface area contributed by atoms with Crippen molar-refractivity contribution in [1.82, 2.24) is 10.2 Å². The summed E-state index contributed by atoms with van der Waals surface area (Å²) >= 11 is 0. The zero-order chi connectivity index (χ0) is 23.7. The monoisotopic (exact) mass is 456 g/mol. The highest BCUT2D eigenvalue weighted by molar-refractivity contribution is 5.88. The number of nitrogens with one attached hydrogen (secondary N) is 1. The van der Waals surface area contributed by atoms with Crippen molar-refractivity contribution in [2.75, 3.05) is 19.7 Å². The Bertz CT molecular complexity index is 1240. The number of fused-ring (bicyclic) bond motifs is 4. The molecule has 7 heteroatoms. The molecule has 2 amide bonds. The molecule has 172 valence electrons. The third-order valence-corrected chi connectivity index (χ3v) is 6.55. The zero-order valence-corrected chi connectivity index (χ0v) is 18.5. The Morgan fingerprint density at radius 3 is 2.29 bits per heavy atom. The molecule has 3 aromatic rings. The van der Waals surface area contributed by atoms with Crippen molar-refractivity contribution in [3.8, 4) is 11.1 Å². The van der Waals surface area contributed by atoms with Gasteiger partial charge in [-0.3, -0.25) is 4.79 Å². The van der Waals surface area contributed by atoms with Gasteiger partial charge in [-0.05, 0) is 51.9 Å². The Kier molecular flexibility index (Phi) is 5.76. The van der Waals surface area contributed by atoms with Crippen molar-refractivity contribution in [2.24, 2.45) is 0 Å². The Morgan fingerprint density at radius 1 is 0.941 bits per heavy atom. The number of hydrogen-bond donors (Lipinski definition) is 2. The van der Waals surface area contributed by atoms with E-state index in [0.29, 0.717) is 19.5 Å². The average Bonchev–Trinajstić information content (AvgIpc) is 3.19. The van der Waals surface area contributed by atoms with Crippen molar-refractivity contribution >= 4 is 18.0 Å². The molecule has 0 saturated heterocycles. The molecule has 1 aliphatic carbocycles. The second-order valence-corrected chi connectivity index (χ2v) is 8.53. The first-order valence-corrected chi connectivity index (χ1v) is 11.2. The molecule has 2 N–H and O–H groups in total. The highest BCUT2D eigenvalue weighted by atomic mass is 16.5. The normalized spacial score (nSPS) is 14.1. The summed E-state index contributed by atoms with van der Waals surface area (Å²) < 4.78 is 5.49. The van der Waals surface area contributed by atoms with E-state index >= 15 is 0 Å². The molecule has 1 heterocycles. The molecule has 0 unspecified atom stereocenters. The average molecular weight is 456 g/mol. The number of rotatable bonds is 5. The molecule has 0 atom stereocenters. The molecule has 2 aliphatic rings. The van der Waals surface area contributed by atoms with E-state index in [4.69, 9.17) is 4.74 Å². The molecule has 0 bridgehead atoms. The number of hydrogen-bond acceptors (Lipinski definition) is 4. The number of nitrogens with zero attached hydrogens (tertiary/aromatic N) is 1. The lowest BCUT2D eigenvalue weighted by Gasteiger charge is -2.29. The van der Waals surface area contributed by atoms with Gasteiger partial charge in [0.05, 0.1) is 5.56 Å². The zero-order valence-electron chi connectivity index (χ0n) is 18.5. The third-order valence-electron chi connectivity index (χ3n) is 6.55. The molecule has 7 nitrogen and oxygen atoms in total. The van der Waals surface area contributed by atoms with Gasteiger partial charge in [0.2, 0.25) is 5.91 Å². The van der Waals surface area contributed by atoms with Crippen LogP contribution in [0.5, 0.6) is 0 Å². The van der Waals surface area contributed by atoms with Crippen LogP contribution in [0.25, 0.3) is 11.1 Å². The van der Waals surface area contributed by atoms with Crippen molar-refractivity contribution in [1.29, 1.82) is 0 Å². The number of carbonyl (C=O) groups is 3. The molecule has 0 spiro atoms. The summed E-state index contributed by atoms with van der Waals surface area (Å²) in [4.78, 5) is 37.9. The number of aromatic carboxylic acids is 1. The van der Waals surface area contributed by atoms with Crippen LogP contribution in [0.3, 0.4) is 0 Å². The minimum absolute atomic E-state index is 0.0455. The summed E-state index contributed by atoms with van der Waals surface area (Å²) in [6.07, 6.45) is 0.00660. The van der Waals surface area contributed by atoms with Gasteiger partial charge in [0, 0.05) is 19.0 Å². The lowest BCUT2D eigenvalue weighted by Crippen LogP contribution is -2.42. The van der Waals surface area contributed by atoms with Gasteiger partial charge in [0.15, 0.2) is 0 Å². The maximum absolute atomic E-state index is 12.7. The van der Waals surface area contributed by atoms with E-state index in [2.05, 4.69) is 29.6 Å². The largest absolute Gasteiger partial charge is 0.478 e. The first kappa shape index (κ1) is 21.7. The van der Waals surface area contributed by atoms with Crippen LogP contribution in [0.4, 0.5) is 4.79 Å². The van der Waals surface area contributed by atoms with Crippen LogP contribution in [0.1, 0.15) is 38.5 Å². The fourth-order valence-electron chi connectivity index (χ4n) is 4.81. The number of amides is 2. The first-order valence-electron chi connectivity index (χ1n) is 11.2. The second-order valence-electron chi connectivity index (χ2n) is 8.53. The number of alkyl carbamates (subject to hydrolysis) is 1. The molecule has 3 aromatic carbocycles. The fourth-order valence-corrected chi connectivity index (χ4v) is 4.81. The smallest absolute Gasteiger partial charge is 0.407 e. The molecule has 34 heavy (non-hydrogen) atoms. The van der Waals surface area contributed by atoms with E-state index in [0.717, 1.165) is 33.4 Å². The van der Waals surface area contributed by atoms with Gasteiger partial charge < -0.3 is 20.1 Å². The Morgan fingerprint density at radius 2 is 1.62 bits per heavy atom. The van der Waals surface area contributed by atoms with Crippen LogP contribution in [-0.2, 0) is 22.5 Å². The predicted molar refractivity (Wildman–Crippen MR) is 126 cm³/mol. The lowest BCUT2D eigenvalue weighted by molar-refractivity contribution is -0.131. The molecular weight excluding hydrogens is 432 g/mol. The van der Waals surface area contributed by atoms with Crippen molar-refractivity contribution in [3.05, 3.63) is 94.5 Å². The van der Waals surface area contributed by atoms with Crippen LogP contribution in [0, 0.1) is 0 Å². The maximum atomic E-state index is 12.7. The van der Waals surface area contributed by atoms with E-state index in [1.165, 1.54) is 0 Å². The SMILES string of the molecule is O=C(NCC(=O)N1CCc2ccc(C(=O)O)cc2C1)OCC1c2ccccc2-c2ccccc21. The highest BCUT2D eigenvalue weighted by Gasteiger charge is 2.29. The molecule has 5 rings (SSSR count). The van der Waals surface area contributed by atoms with Crippen molar-refractivity contribution in [3.63, 3.8) is 0 Å². The third kappa shape index (κ3) is 4.12. The lowest BCUT2D eigenvalue weighted by atomic mass is 9.97. The molecule has 1 aliphatic heterocycles. The van der Waals surface area contributed by atoms with E-state index in [-0.39, 0.29) is 30.5 Å². The van der Waals surface area contributed by atoms with Gasteiger partial charge in [-0.2, -0.15) is 0 Å². The van der Waals surface area contributed by atoms with Gasteiger partial charge >= 0.3 is 12.1 Å². The Balaban J connectivity index is 1.16. The van der Waals surface area contributed by atoms with Crippen LogP contribution in [-0.4, -0.2) is 47.7 Å². The van der Waals surface area contributed by atoms with Gasteiger partial charge in [0.25, 0.3) is 0 Å². The van der Waals surface area contributed by atoms with Crippen LogP contribution in [0.15, 0.2) is 66.7 Å². The highest BCUT2D eigenvalue weighted by Crippen LogP contribution is 2.44. The summed E-state index contributed by atoms with van der Waals surface area (Å²) in [7, 11) is 0. The Hall–Kier alpha value is -4.13. The molecule has 0 radical (unpaired) electrons. The fraction of sp³-hybridized carbons (Fsp3) is 0.222. The standard InChI is InChI=1S/C27H24N2O5/c30-25(29-12-11-17-9-10-18(26(31)32)13-19(17)15-29)14-28-27(33)34-16-24-22-7-3-1-5-20(22)21-6-2-4-8-23(21)24/h1-10,13,24H,11-12,14-16H2,(H,28,33)(H,31,32). The van der Waals surface area contributed by atoms with Gasteiger partial charge in [-0.15, -0.1) is 0 Å². The molecule has 0 saturated carbocycles. The van der Waals surface area contributed by atoms with Gasteiger partial charge in [0.1, 0.15) is 13.2 Å². The quantitative estimate of drug-likeness (QED) is 0.609. The first-order chi connectivity index (χ1) is 16.5. The van der Waals surface area contributed by atoms with E-state index in [9.17, 15) is 19.5 Å². The molecule has 0 fully saturated rings. The predicted octanol–water partition coefficient (Wildman–Crippen LogP) is 3.81. The summed E-state index contributed by atoms with van der Waals surface area (Å²) in [5, 5.41) is 11.8. The second kappa shape index (κ2) is 9.02. The summed E-state index contributed by atoms with van der Waals surface area (Å²) in [6.45, 7) is 0.847. The van der Waals surface area contributed by atoms with Crippen molar-refractivity contribution < 1.29 is 24.2 Å². The number of benzene rings is 3. The minimum atomic E-state index is -0.997. The van der Waals surface area contributed by atoms with Crippen molar-refractivity contribution in [2.45, 2.75) is 18.9 Å². The number of ether oxygens (including phenoxy) is 1. The Labute approximate surface area is 197 Å². The van der Waals surface area contributed by atoms with Crippen LogP contribution < -0.4 is 5.32 Å². The summed E-state index contributed by atoms with van der Waals surface area (Å²) in [6, 6.07) is 21.2. The number of carbonyl (C=O) groups excluding carboxylic acids is 2. The van der Waals surface area contributed by atoms with E-state index in [1.54, 1.807) is 23.1 Å². The van der Waals surface area contributed by atoms with E-state index in [1.807, 2.05) is 24.3 Å². The molecule has 0 aromatic heterocycles. The maximum Gasteiger partial charge on any atom is 0.407 e. The van der Waals surface area contributed by atoms with Gasteiger partial charge in [-0.25, -0.2) is 9.59 Å². The summed E-state index contributed by atoms with van der Waals surface area (Å²) in [5.41, 5.74) is 6.61. The number of carboxylic acids is 1. The van der Waals surface area contributed by atoms with Gasteiger partial charge in [-0.1, -0.05) is 54.6 Å².